The molecule has 0 saturated carbocycles. The van der Waals surface area contributed by atoms with Crippen molar-refractivity contribution in [3.05, 3.63) is 53.9 Å². The fourth-order valence-electron chi connectivity index (χ4n) is 3.17. The average Bonchev–Trinajstić information content (AvgIpc) is 3.28. The maximum absolute atomic E-state index is 13.6. The Kier molecular flexibility index (Phi) is 4.37. The van der Waals surface area contributed by atoms with Gasteiger partial charge >= 0.3 is 6.18 Å². The quantitative estimate of drug-likeness (QED) is 0.430. The molecule has 6 N–H and O–H groups in total. The summed E-state index contributed by atoms with van der Waals surface area (Å²) in [6, 6.07) is 7.09. The smallest absolute Gasteiger partial charge is 0.300 e. The van der Waals surface area contributed by atoms with Crippen LogP contribution in [-0.4, -0.2) is 17.8 Å². The molecule has 4 rings (SSSR count). The SMILES string of the molecule is NS(=O)(=O)c1c(C(F)(F)F)ccc(-c2cnc3ccccn23)c1C1NNNN1. The van der Waals surface area contributed by atoms with Gasteiger partial charge in [0.15, 0.2) is 0 Å². The number of alkyl halides is 3. The van der Waals surface area contributed by atoms with Crippen molar-refractivity contribution < 1.29 is 21.6 Å². The standard InChI is InChI=1S/C15H14F3N7O2S/c16-15(17,18)9-5-4-8(10-7-20-11-3-1-2-6-25(10)11)12(13(9)28(19,26)27)14-21-23-24-22-14/h1-7,14,21-24H,(H2,19,26,27). The second-order valence-corrected chi connectivity index (χ2v) is 7.49. The number of hydrogen-bond donors (Lipinski definition) is 5. The molecule has 1 aromatic carbocycles. The van der Waals surface area contributed by atoms with Gasteiger partial charge < -0.3 is 0 Å². The monoisotopic (exact) mass is 413 g/mol. The van der Waals surface area contributed by atoms with Crippen LogP contribution in [0.3, 0.4) is 0 Å². The molecule has 148 valence electrons. The van der Waals surface area contributed by atoms with E-state index < -0.39 is 32.8 Å². The molecular weight excluding hydrogens is 399 g/mol. The van der Waals surface area contributed by atoms with Crippen LogP contribution in [0.5, 0.6) is 0 Å². The molecule has 0 unspecified atom stereocenters. The van der Waals surface area contributed by atoms with Crippen molar-refractivity contribution in [1.82, 2.24) is 31.3 Å². The minimum atomic E-state index is -4.92. The molecule has 1 aliphatic rings. The molecule has 0 radical (unpaired) electrons. The van der Waals surface area contributed by atoms with Gasteiger partial charge in [0, 0.05) is 17.3 Å². The normalized spacial score (nSPS) is 16.1. The number of halogens is 3. The molecule has 0 aliphatic carbocycles. The Bertz CT molecular complexity index is 1150. The molecule has 2 aromatic heterocycles. The Hall–Kier alpha value is -2.55. The number of hydrogen-bond acceptors (Lipinski definition) is 7. The minimum Gasteiger partial charge on any atom is -0.300 e. The van der Waals surface area contributed by atoms with Gasteiger partial charge in [0.1, 0.15) is 16.7 Å². The van der Waals surface area contributed by atoms with Gasteiger partial charge in [-0.15, -0.1) is 0 Å². The minimum absolute atomic E-state index is 0.194. The van der Waals surface area contributed by atoms with Crippen LogP contribution in [-0.2, 0) is 16.2 Å². The highest BCUT2D eigenvalue weighted by Gasteiger charge is 2.41. The van der Waals surface area contributed by atoms with Gasteiger partial charge in [-0.1, -0.05) is 12.1 Å². The number of nitrogens with zero attached hydrogens (tertiary/aromatic N) is 2. The third-order valence-corrected chi connectivity index (χ3v) is 5.27. The van der Waals surface area contributed by atoms with Crippen LogP contribution in [0.25, 0.3) is 16.9 Å². The summed E-state index contributed by atoms with van der Waals surface area (Å²) in [5.74, 6) is 0. The average molecular weight is 413 g/mol. The topological polar surface area (TPSA) is 126 Å². The Balaban J connectivity index is 2.10. The summed E-state index contributed by atoms with van der Waals surface area (Å²) in [4.78, 5) is 3.20. The van der Waals surface area contributed by atoms with Crippen LogP contribution < -0.4 is 27.1 Å². The zero-order chi connectivity index (χ0) is 20.1. The van der Waals surface area contributed by atoms with Crippen molar-refractivity contribution in [3.8, 4) is 11.3 Å². The van der Waals surface area contributed by atoms with Gasteiger partial charge in [-0.3, -0.25) is 4.40 Å². The van der Waals surface area contributed by atoms with Crippen LogP contribution in [0, 0.1) is 0 Å². The van der Waals surface area contributed by atoms with Gasteiger partial charge in [-0.2, -0.15) is 24.2 Å². The molecule has 13 heteroatoms. The molecule has 1 fully saturated rings. The van der Waals surface area contributed by atoms with Gasteiger partial charge in [0.2, 0.25) is 10.0 Å². The Morgan fingerprint density at radius 2 is 1.82 bits per heavy atom. The first-order valence-corrected chi connectivity index (χ1v) is 9.43. The molecule has 0 spiro atoms. The van der Waals surface area contributed by atoms with E-state index in [2.05, 4.69) is 26.9 Å². The number of aromatic nitrogens is 2. The maximum atomic E-state index is 13.6. The molecule has 9 nitrogen and oxygen atoms in total. The van der Waals surface area contributed by atoms with Gasteiger partial charge in [0.05, 0.1) is 17.5 Å². The number of nitrogens with one attached hydrogen (secondary N) is 4. The fraction of sp³-hybridized carbons (Fsp3) is 0.133. The number of sulfonamides is 1. The van der Waals surface area contributed by atoms with Crippen LogP contribution in [0.1, 0.15) is 17.3 Å². The predicted molar refractivity (Wildman–Crippen MR) is 92.3 cm³/mol. The zero-order valence-electron chi connectivity index (χ0n) is 13.9. The van der Waals surface area contributed by atoms with Crippen molar-refractivity contribution in [2.45, 2.75) is 17.2 Å². The first kappa shape index (κ1) is 18.8. The van der Waals surface area contributed by atoms with Gasteiger partial charge in [-0.05, 0) is 18.2 Å². The molecule has 1 saturated heterocycles. The predicted octanol–water partition coefficient (Wildman–Crippen LogP) is 0.783. The van der Waals surface area contributed by atoms with Crippen molar-refractivity contribution in [2.24, 2.45) is 5.14 Å². The van der Waals surface area contributed by atoms with Gasteiger partial charge in [-0.25, -0.2) is 29.4 Å². The first-order valence-electron chi connectivity index (χ1n) is 7.88. The largest absolute Gasteiger partial charge is 0.417 e. The third kappa shape index (κ3) is 3.13. The highest BCUT2D eigenvalue weighted by molar-refractivity contribution is 7.89. The molecule has 28 heavy (non-hydrogen) atoms. The number of pyridine rings is 1. The van der Waals surface area contributed by atoms with E-state index >= 15 is 0 Å². The third-order valence-electron chi connectivity index (χ3n) is 4.26. The van der Waals surface area contributed by atoms with Crippen LogP contribution in [0.2, 0.25) is 0 Å². The highest BCUT2D eigenvalue weighted by Crippen LogP contribution is 2.41. The lowest BCUT2D eigenvalue weighted by Crippen LogP contribution is -2.33. The summed E-state index contributed by atoms with van der Waals surface area (Å²) in [6.07, 6.45) is -2.83. The number of imidazole rings is 1. The molecule has 3 aromatic rings. The summed E-state index contributed by atoms with van der Waals surface area (Å²) < 4.78 is 66.8. The second-order valence-electron chi connectivity index (χ2n) is 5.99. The van der Waals surface area contributed by atoms with E-state index in [4.69, 9.17) is 5.14 Å². The number of nitrogens with two attached hydrogens (primary N) is 1. The maximum Gasteiger partial charge on any atom is 0.417 e. The summed E-state index contributed by atoms with van der Waals surface area (Å²) in [7, 11) is -4.74. The van der Waals surface area contributed by atoms with E-state index in [-0.39, 0.29) is 11.1 Å². The molecule has 3 heterocycles. The lowest BCUT2D eigenvalue weighted by molar-refractivity contribution is -0.140. The zero-order valence-corrected chi connectivity index (χ0v) is 14.8. The van der Waals surface area contributed by atoms with Crippen molar-refractivity contribution >= 4 is 15.7 Å². The summed E-state index contributed by atoms with van der Waals surface area (Å²) >= 11 is 0. The van der Waals surface area contributed by atoms with Crippen molar-refractivity contribution in [1.29, 1.82) is 0 Å². The van der Waals surface area contributed by atoms with Crippen LogP contribution in [0.15, 0.2) is 47.6 Å². The van der Waals surface area contributed by atoms with E-state index in [0.29, 0.717) is 17.4 Å². The van der Waals surface area contributed by atoms with E-state index in [0.717, 1.165) is 0 Å². The number of rotatable bonds is 3. The second kappa shape index (κ2) is 6.51. The van der Waals surface area contributed by atoms with Crippen molar-refractivity contribution in [3.63, 3.8) is 0 Å². The number of fused-ring (bicyclic) bond motifs is 1. The number of primary sulfonamides is 1. The van der Waals surface area contributed by atoms with Crippen LogP contribution in [0.4, 0.5) is 13.2 Å². The highest BCUT2D eigenvalue weighted by atomic mass is 32.2. The van der Waals surface area contributed by atoms with E-state index in [1.54, 1.807) is 28.8 Å². The Morgan fingerprint density at radius 3 is 2.46 bits per heavy atom. The summed E-state index contributed by atoms with van der Waals surface area (Å²) in [6.45, 7) is 0. The lowest BCUT2D eigenvalue weighted by atomic mass is 9.99. The molecule has 1 aliphatic heterocycles. The van der Waals surface area contributed by atoms with E-state index in [1.165, 1.54) is 12.3 Å². The molecule has 0 amide bonds. The van der Waals surface area contributed by atoms with E-state index in [9.17, 15) is 21.6 Å². The number of benzene rings is 1. The fourth-order valence-corrected chi connectivity index (χ4v) is 4.19. The van der Waals surface area contributed by atoms with Crippen molar-refractivity contribution in [2.75, 3.05) is 0 Å². The molecule has 0 atom stereocenters. The Morgan fingerprint density at radius 1 is 1.11 bits per heavy atom. The first-order chi connectivity index (χ1) is 13.2. The van der Waals surface area contributed by atoms with Gasteiger partial charge in [0.25, 0.3) is 0 Å². The van der Waals surface area contributed by atoms with Crippen LogP contribution >= 0.6 is 0 Å². The Labute approximate surface area is 156 Å². The molecule has 0 bridgehead atoms. The summed E-state index contributed by atoms with van der Waals surface area (Å²) in [5, 5.41) is 5.21. The number of hydrazine groups is 3. The lowest BCUT2D eigenvalue weighted by Gasteiger charge is -2.22. The molecular formula is C15H14F3N7O2S. The summed E-state index contributed by atoms with van der Waals surface area (Å²) in [5.41, 5.74) is 9.80. The van der Waals surface area contributed by atoms with E-state index in [1.807, 2.05) is 0 Å².